The second-order valence-electron chi connectivity index (χ2n) is 2.46. The second-order valence-corrected chi connectivity index (χ2v) is 2.46. The molecule has 0 aromatic carbocycles. The summed E-state index contributed by atoms with van der Waals surface area (Å²) in [7, 11) is 1.61. The number of hydrogen-bond donors (Lipinski definition) is 1. The molecule has 0 bridgehead atoms. The molecule has 1 aliphatic rings. The smallest absolute Gasteiger partial charge is 0.324 e. The maximum atomic E-state index is 11.0. The number of esters is 1. The Hall–Kier alpha value is -0.610. The van der Waals surface area contributed by atoms with Crippen molar-refractivity contribution < 1.29 is 14.3 Å². The number of carbonyl (C=O) groups excluding carboxylic acids is 1. The third-order valence-corrected chi connectivity index (χ3v) is 1.57. The Labute approximate surface area is 65.9 Å². The van der Waals surface area contributed by atoms with Crippen molar-refractivity contribution in [2.24, 2.45) is 0 Å². The standard InChI is InChI=1S/C7H13NO3/c1-3-11-7(9)6-5(8-6)4-10-2/h5-6,8H,3-4H2,1-2H3/t5-,6+/m0/s1. The van der Waals surface area contributed by atoms with Crippen LogP contribution in [-0.4, -0.2) is 38.4 Å². The summed E-state index contributed by atoms with van der Waals surface area (Å²) in [5, 5.41) is 2.95. The molecule has 0 amide bonds. The van der Waals surface area contributed by atoms with Gasteiger partial charge in [-0.15, -0.1) is 0 Å². The lowest BCUT2D eigenvalue weighted by atomic mass is 10.3. The van der Waals surface area contributed by atoms with Gasteiger partial charge < -0.3 is 9.47 Å². The number of methoxy groups -OCH3 is 1. The highest BCUT2D eigenvalue weighted by atomic mass is 16.5. The van der Waals surface area contributed by atoms with Gasteiger partial charge in [-0.3, -0.25) is 10.1 Å². The van der Waals surface area contributed by atoms with Crippen molar-refractivity contribution in [2.75, 3.05) is 20.3 Å². The molecular weight excluding hydrogens is 146 g/mol. The zero-order valence-electron chi connectivity index (χ0n) is 6.79. The molecule has 4 nitrogen and oxygen atoms in total. The van der Waals surface area contributed by atoms with Gasteiger partial charge in [-0.2, -0.15) is 0 Å². The molecule has 4 heteroatoms. The molecule has 11 heavy (non-hydrogen) atoms. The minimum atomic E-state index is -0.172. The maximum Gasteiger partial charge on any atom is 0.324 e. The summed E-state index contributed by atoms with van der Waals surface area (Å²) in [4.78, 5) is 11.0. The van der Waals surface area contributed by atoms with Crippen molar-refractivity contribution in [1.82, 2.24) is 5.32 Å². The topological polar surface area (TPSA) is 57.5 Å². The predicted molar refractivity (Wildman–Crippen MR) is 39.2 cm³/mol. The van der Waals surface area contributed by atoms with Gasteiger partial charge in [-0.05, 0) is 6.92 Å². The second kappa shape index (κ2) is 3.69. The fourth-order valence-electron chi connectivity index (χ4n) is 0.963. The van der Waals surface area contributed by atoms with Gasteiger partial charge in [-0.1, -0.05) is 0 Å². The van der Waals surface area contributed by atoms with Crippen LogP contribution in [-0.2, 0) is 14.3 Å². The number of hydrogen-bond acceptors (Lipinski definition) is 4. The molecule has 0 aliphatic carbocycles. The lowest BCUT2D eigenvalue weighted by molar-refractivity contribution is -0.142. The van der Waals surface area contributed by atoms with E-state index in [9.17, 15) is 4.79 Å². The highest BCUT2D eigenvalue weighted by Crippen LogP contribution is 2.12. The van der Waals surface area contributed by atoms with Gasteiger partial charge in [-0.25, -0.2) is 0 Å². The molecule has 0 spiro atoms. The summed E-state index contributed by atoms with van der Waals surface area (Å²) in [6.07, 6.45) is 0. The Bertz CT molecular complexity index is 149. The molecule has 0 aromatic rings. The van der Waals surface area contributed by atoms with E-state index in [1.807, 2.05) is 0 Å². The first-order valence-electron chi connectivity index (χ1n) is 3.71. The third-order valence-electron chi connectivity index (χ3n) is 1.57. The lowest BCUT2D eigenvalue weighted by Gasteiger charge is -1.97. The maximum absolute atomic E-state index is 11.0. The van der Waals surface area contributed by atoms with Crippen LogP contribution in [0.2, 0.25) is 0 Å². The Kier molecular flexibility index (Phi) is 2.84. The summed E-state index contributed by atoms with van der Waals surface area (Å²) in [5.41, 5.74) is 0. The van der Waals surface area contributed by atoms with Crippen LogP contribution < -0.4 is 5.32 Å². The van der Waals surface area contributed by atoms with Crippen molar-refractivity contribution in [3.8, 4) is 0 Å². The van der Waals surface area contributed by atoms with E-state index in [0.717, 1.165) is 0 Å². The van der Waals surface area contributed by atoms with Crippen LogP contribution in [0, 0.1) is 0 Å². The molecule has 1 heterocycles. The molecule has 0 saturated carbocycles. The predicted octanol–water partition coefficient (Wildman–Crippen LogP) is -0.464. The zero-order valence-corrected chi connectivity index (χ0v) is 6.79. The van der Waals surface area contributed by atoms with Crippen LogP contribution in [0.25, 0.3) is 0 Å². The van der Waals surface area contributed by atoms with Crippen molar-refractivity contribution in [3.05, 3.63) is 0 Å². The first-order valence-corrected chi connectivity index (χ1v) is 3.71. The van der Waals surface area contributed by atoms with Crippen molar-refractivity contribution >= 4 is 5.97 Å². The van der Waals surface area contributed by atoms with Crippen molar-refractivity contribution in [1.29, 1.82) is 0 Å². The van der Waals surface area contributed by atoms with Gasteiger partial charge >= 0.3 is 5.97 Å². The first kappa shape index (κ1) is 8.49. The van der Waals surface area contributed by atoms with Gasteiger partial charge in [0, 0.05) is 7.11 Å². The van der Waals surface area contributed by atoms with E-state index >= 15 is 0 Å². The lowest BCUT2D eigenvalue weighted by Crippen LogP contribution is -2.16. The first-order chi connectivity index (χ1) is 5.29. The fourth-order valence-corrected chi connectivity index (χ4v) is 0.963. The minimum absolute atomic E-state index is 0.130. The van der Waals surface area contributed by atoms with Gasteiger partial charge in [0.05, 0.1) is 19.3 Å². The third kappa shape index (κ3) is 2.17. The van der Waals surface area contributed by atoms with Crippen LogP contribution in [0.1, 0.15) is 6.92 Å². The van der Waals surface area contributed by atoms with Gasteiger partial charge in [0.25, 0.3) is 0 Å². The van der Waals surface area contributed by atoms with Gasteiger partial charge in [0.1, 0.15) is 6.04 Å². The molecular formula is C7H13NO3. The molecule has 1 saturated heterocycles. The summed E-state index contributed by atoms with van der Waals surface area (Å²) < 4.78 is 9.64. The van der Waals surface area contributed by atoms with E-state index in [-0.39, 0.29) is 18.1 Å². The zero-order chi connectivity index (χ0) is 8.27. The van der Waals surface area contributed by atoms with Crippen LogP contribution >= 0.6 is 0 Å². The van der Waals surface area contributed by atoms with E-state index in [1.165, 1.54) is 0 Å². The van der Waals surface area contributed by atoms with E-state index in [4.69, 9.17) is 9.47 Å². The highest BCUT2D eigenvalue weighted by Gasteiger charge is 2.43. The summed E-state index contributed by atoms with van der Waals surface area (Å²) >= 11 is 0. The Morgan fingerprint density at radius 2 is 2.36 bits per heavy atom. The average molecular weight is 159 g/mol. The molecule has 1 fully saturated rings. The number of rotatable bonds is 4. The molecule has 1 aliphatic heterocycles. The molecule has 0 radical (unpaired) electrons. The number of nitrogens with one attached hydrogen (secondary N) is 1. The van der Waals surface area contributed by atoms with Crippen LogP contribution in [0.15, 0.2) is 0 Å². The van der Waals surface area contributed by atoms with Crippen LogP contribution in [0.3, 0.4) is 0 Å². The number of ether oxygens (including phenoxy) is 2. The molecule has 0 unspecified atom stereocenters. The molecule has 1 rings (SSSR count). The molecule has 1 N–H and O–H groups in total. The summed E-state index contributed by atoms with van der Waals surface area (Å²) in [6.45, 7) is 2.81. The van der Waals surface area contributed by atoms with Crippen LogP contribution in [0.4, 0.5) is 0 Å². The van der Waals surface area contributed by atoms with E-state index in [2.05, 4.69) is 5.32 Å². The van der Waals surface area contributed by atoms with E-state index < -0.39 is 0 Å². The minimum Gasteiger partial charge on any atom is -0.465 e. The summed E-state index contributed by atoms with van der Waals surface area (Å²) in [5.74, 6) is -0.172. The Morgan fingerprint density at radius 1 is 1.64 bits per heavy atom. The van der Waals surface area contributed by atoms with Crippen LogP contribution in [0.5, 0.6) is 0 Å². The highest BCUT2D eigenvalue weighted by molar-refractivity contribution is 5.80. The van der Waals surface area contributed by atoms with E-state index in [1.54, 1.807) is 14.0 Å². The SMILES string of the molecule is CCOC(=O)[C@@H]1N[C@H]1COC. The Morgan fingerprint density at radius 3 is 2.91 bits per heavy atom. The molecule has 0 aromatic heterocycles. The summed E-state index contributed by atoms with van der Waals surface area (Å²) in [6, 6.07) is 0.0361. The van der Waals surface area contributed by atoms with Crippen molar-refractivity contribution in [3.63, 3.8) is 0 Å². The monoisotopic (exact) mass is 159 g/mol. The Balaban J connectivity index is 2.15. The van der Waals surface area contributed by atoms with Gasteiger partial charge in [0.15, 0.2) is 0 Å². The molecule has 64 valence electrons. The number of carbonyl (C=O) groups is 1. The largest absolute Gasteiger partial charge is 0.465 e. The average Bonchev–Trinajstić information content (AvgIpc) is 2.69. The normalized spacial score (nSPS) is 28.2. The van der Waals surface area contributed by atoms with Gasteiger partial charge in [0.2, 0.25) is 0 Å². The fraction of sp³-hybridized carbons (Fsp3) is 0.857. The van der Waals surface area contributed by atoms with Crippen molar-refractivity contribution in [2.45, 2.75) is 19.0 Å². The quantitative estimate of drug-likeness (QED) is 0.445. The molecule has 2 atom stereocenters. The van der Waals surface area contributed by atoms with E-state index in [0.29, 0.717) is 13.2 Å².